The van der Waals surface area contributed by atoms with Crippen LogP contribution in [0.15, 0.2) is 81.9 Å². The molecule has 2 amide bonds. The van der Waals surface area contributed by atoms with Gasteiger partial charge in [-0.05, 0) is 69.3 Å². The lowest BCUT2D eigenvalue weighted by molar-refractivity contribution is -0.384. The van der Waals surface area contributed by atoms with Gasteiger partial charge in [-0.15, -0.1) is 0 Å². The van der Waals surface area contributed by atoms with Crippen molar-refractivity contribution >= 4 is 51.8 Å². The first-order valence-corrected chi connectivity index (χ1v) is 15.9. The van der Waals surface area contributed by atoms with Crippen molar-refractivity contribution in [3.05, 3.63) is 94.3 Å². The molecular formula is C35H32N8O9. The Labute approximate surface area is 294 Å². The number of fused-ring (bicyclic) bond motifs is 2. The third-order valence-corrected chi connectivity index (χ3v) is 7.62. The molecule has 0 saturated carbocycles. The molecule has 52 heavy (non-hydrogen) atoms. The summed E-state index contributed by atoms with van der Waals surface area (Å²) < 4.78 is 16.6. The fourth-order valence-corrected chi connectivity index (χ4v) is 5.25. The second-order valence-electron chi connectivity index (χ2n) is 12.6. The highest BCUT2D eigenvalue weighted by Crippen LogP contribution is 2.29. The standard InChI is InChI=1S/C22H25N5O4.C13H7N3O5/c1-22(2,3)31-21(29)27-9-7-26(8-10-27)20(28)15-11-14(12-16(23)13-15)19-25-18-17(30-19)5-4-6-24-18;17-13(18)8-4-7(5-9(6-8)16(19)20)12-15-11-10(21-12)2-1-3-14-11/h4-6,11-13H,7-10,23H2,1-3H3;1-6H,(H,17,18). The van der Waals surface area contributed by atoms with Crippen LogP contribution in [0.3, 0.4) is 0 Å². The Bertz CT molecular complexity index is 2220. The molecule has 266 valence electrons. The predicted molar refractivity (Wildman–Crippen MR) is 186 cm³/mol. The minimum absolute atomic E-state index is 0.0786. The summed E-state index contributed by atoms with van der Waals surface area (Å²) in [5.41, 5.74) is 8.44. The van der Waals surface area contributed by atoms with Crippen molar-refractivity contribution in [2.45, 2.75) is 26.4 Å². The van der Waals surface area contributed by atoms with Crippen LogP contribution in [0, 0.1) is 10.1 Å². The largest absolute Gasteiger partial charge is 0.478 e. The number of pyridine rings is 2. The lowest BCUT2D eigenvalue weighted by Crippen LogP contribution is -2.51. The van der Waals surface area contributed by atoms with Gasteiger partial charge in [0.15, 0.2) is 22.5 Å². The zero-order valence-electron chi connectivity index (χ0n) is 28.2. The molecule has 3 N–H and O–H groups in total. The van der Waals surface area contributed by atoms with Crippen molar-refractivity contribution in [3.8, 4) is 22.9 Å². The minimum atomic E-state index is -1.27. The number of nitrogens with zero attached hydrogens (tertiary/aromatic N) is 7. The Balaban J connectivity index is 0.000000192. The van der Waals surface area contributed by atoms with Crippen LogP contribution >= 0.6 is 0 Å². The van der Waals surface area contributed by atoms with Gasteiger partial charge in [0, 0.05) is 73.1 Å². The van der Waals surface area contributed by atoms with Crippen LogP contribution in [-0.2, 0) is 4.74 Å². The minimum Gasteiger partial charge on any atom is -0.478 e. The quantitative estimate of drug-likeness (QED) is 0.125. The molecule has 0 unspecified atom stereocenters. The fraction of sp³-hybridized carbons (Fsp3) is 0.229. The van der Waals surface area contributed by atoms with E-state index in [4.69, 9.17) is 24.4 Å². The summed E-state index contributed by atoms with van der Waals surface area (Å²) in [5, 5.41) is 19.9. The van der Waals surface area contributed by atoms with Gasteiger partial charge in [-0.1, -0.05) is 0 Å². The van der Waals surface area contributed by atoms with Crippen molar-refractivity contribution in [3.63, 3.8) is 0 Å². The first kappa shape index (κ1) is 34.9. The number of piperazine rings is 1. The number of aromatic nitrogens is 4. The highest BCUT2D eigenvalue weighted by Gasteiger charge is 2.28. The van der Waals surface area contributed by atoms with Crippen molar-refractivity contribution in [1.82, 2.24) is 29.7 Å². The molecular weight excluding hydrogens is 676 g/mol. The van der Waals surface area contributed by atoms with Crippen LogP contribution < -0.4 is 5.73 Å². The van der Waals surface area contributed by atoms with Gasteiger partial charge in [0.1, 0.15) is 5.60 Å². The maximum Gasteiger partial charge on any atom is 0.410 e. The number of nitrogen functional groups attached to an aromatic ring is 1. The number of carboxylic acid groups (broad SMARTS) is 1. The maximum atomic E-state index is 13.1. The van der Waals surface area contributed by atoms with E-state index < -0.39 is 16.5 Å². The van der Waals surface area contributed by atoms with E-state index in [9.17, 15) is 24.5 Å². The molecule has 1 aliphatic heterocycles. The second-order valence-corrected chi connectivity index (χ2v) is 12.6. The number of carbonyl (C=O) groups is 3. The van der Waals surface area contributed by atoms with E-state index in [1.54, 1.807) is 58.5 Å². The van der Waals surface area contributed by atoms with Gasteiger partial charge in [0.25, 0.3) is 11.6 Å². The first-order chi connectivity index (χ1) is 24.7. The Hall–Kier alpha value is -6.91. The monoisotopic (exact) mass is 708 g/mol. The van der Waals surface area contributed by atoms with Crippen LogP contribution in [-0.4, -0.2) is 89.5 Å². The number of carbonyl (C=O) groups excluding carboxylic acids is 2. The number of nitro groups is 1. The summed E-state index contributed by atoms with van der Waals surface area (Å²) in [4.78, 5) is 66.5. The van der Waals surface area contributed by atoms with E-state index in [1.165, 1.54) is 18.3 Å². The molecule has 7 rings (SSSR count). The number of ether oxygens (including phenoxy) is 1. The number of carboxylic acids is 1. The molecule has 17 heteroatoms. The highest BCUT2D eigenvalue weighted by molar-refractivity contribution is 5.96. The number of nitrogens with two attached hydrogens (primary N) is 1. The van der Waals surface area contributed by atoms with Gasteiger partial charge >= 0.3 is 12.1 Å². The Morgan fingerprint density at radius 2 is 1.37 bits per heavy atom. The summed E-state index contributed by atoms with van der Waals surface area (Å²) in [6.45, 7) is 7.13. The van der Waals surface area contributed by atoms with E-state index in [-0.39, 0.29) is 34.7 Å². The van der Waals surface area contributed by atoms with Gasteiger partial charge in [0.05, 0.1) is 10.5 Å². The SMILES string of the molecule is CC(C)(C)OC(=O)N1CCN(C(=O)c2cc(N)cc(-c3nc4ncccc4o3)c2)CC1.O=C(O)c1cc(-c2nc3ncccc3o2)cc([N+](=O)[O-])c1. The highest BCUT2D eigenvalue weighted by atomic mass is 16.6. The van der Waals surface area contributed by atoms with Gasteiger partial charge < -0.3 is 34.2 Å². The van der Waals surface area contributed by atoms with Crippen LogP contribution in [0.25, 0.3) is 45.4 Å². The van der Waals surface area contributed by atoms with Crippen LogP contribution in [0.4, 0.5) is 16.2 Å². The zero-order valence-corrected chi connectivity index (χ0v) is 28.2. The van der Waals surface area contributed by atoms with Gasteiger partial charge in [-0.2, -0.15) is 9.97 Å². The molecule has 0 aliphatic carbocycles. The Morgan fingerprint density at radius 1 is 0.827 bits per heavy atom. The molecule has 17 nitrogen and oxygen atoms in total. The molecule has 5 heterocycles. The molecule has 0 atom stereocenters. The lowest BCUT2D eigenvalue weighted by Gasteiger charge is -2.35. The number of anilines is 1. The Kier molecular flexibility index (Phi) is 9.50. The van der Waals surface area contributed by atoms with Crippen LogP contribution in [0.1, 0.15) is 41.5 Å². The third-order valence-electron chi connectivity index (χ3n) is 7.62. The van der Waals surface area contributed by atoms with E-state index >= 15 is 0 Å². The maximum absolute atomic E-state index is 13.1. The number of oxazole rings is 2. The molecule has 0 bridgehead atoms. The summed E-state index contributed by atoms with van der Waals surface area (Å²) in [6.07, 6.45) is 2.81. The average Bonchev–Trinajstić information content (AvgIpc) is 3.76. The first-order valence-electron chi connectivity index (χ1n) is 15.9. The molecule has 1 aliphatic rings. The number of aromatic carboxylic acids is 1. The summed E-state index contributed by atoms with van der Waals surface area (Å²) in [7, 11) is 0. The van der Waals surface area contributed by atoms with Gasteiger partial charge in [-0.3, -0.25) is 14.9 Å². The van der Waals surface area contributed by atoms with Gasteiger partial charge in [0.2, 0.25) is 11.8 Å². The molecule has 0 spiro atoms. The van der Waals surface area contributed by atoms with Crippen molar-refractivity contribution < 1.29 is 38.0 Å². The smallest absolute Gasteiger partial charge is 0.410 e. The molecule has 1 fully saturated rings. The second kappa shape index (κ2) is 14.1. The van der Waals surface area contributed by atoms with E-state index in [2.05, 4.69) is 19.9 Å². The molecule has 1 saturated heterocycles. The topological polar surface area (TPSA) is 234 Å². The number of amides is 2. The van der Waals surface area contributed by atoms with Crippen LogP contribution in [0.5, 0.6) is 0 Å². The Morgan fingerprint density at radius 3 is 1.88 bits per heavy atom. The van der Waals surface area contributed by atoms with E-state index in [0.29, 0.717) is 71.3 Å². The number of benzene rings is 2. The van der Waals surface area contributed by atoms with E-state index in [0.717, 1.165) is 6.07 Å². The third kappa shape index (κ3) is 7.93. The average molecular weight is 709 g/mol. The summed E-state index contributed by atoms with van der Waals surface area (Å²) in [6, 6.07) is 15.4. The number of hydrogen-bond acceptors (Lipinski definition) is 13. The van der Waals surface area contributed by atoms with E-state index in [1.807, 2.05) is 20.8 Å². The number of non-ortho nitro benzene ring substituents is 1. The molecule has 0 radical (unpaired) electrons. The summed E-state index contributed by atoms with van der Waals surface area (Å²) in [5.74, 6) is -1.000. The van der Waals surface area contributed by atoms with Crippen molar-refractivity contribution in [2.75, 3.05) is 31.9 Å². The number of hydrogen-bond donors (Lipinski definition) is 2. The molecule has 2 aromatic carbocycles. The molecule has 4 aromatic heterocycles. The number of rotatable bonds is 5. The predicted octanol–water partition coefficient (Wildman–Crippen LogP) is 5.66. The molecule has 6 aromatic rings. The van der Waals surface area contributed by atoms with Crippen molar-refractivity contribution in [2.24, 2.45) is 0 Å². The van der Waals surface area contributed by atoms with Gasteiger partial charge in [-0.25, -0.2) is 19.6 Å². The summed E-state index contributed by atoms with van der Waals surface area (Å²) >= 11 is 0. The van der Waals surface area contributed by atoms with Crippen molar-refractivity contribution in [1.29, 1.82) is 0 Å². The van der Waals surface area contributed by atoms with Crippen LogP contribution in [0.2, 0.25) is 0 Å². The normalized spacial score (nSPS) is 13.1. The lowest BCUT2D eigenvalue weighted by atomic mass is 10.1. The fourth-order valence-electron chi connectivity index (χ4n) is 5.25. The zero-order chi connectivity index (χ0) is 37.2. The number of nitro benzene ring substituents is 1.